The summed E-state index contributed by atoms with van der Waals surface area (Å²) in [4.78, 5) is 24.6. The molecule has 5 heteroatoms. The van der Waals surface area contributed by atoms with Crippen LogP contribution in [0.5, 0.6) is 0 Å². The van der Waals surface area contributed by atoms with E-state index in [1.165, 1.54) is 6.07 Å². The number of benzene rings is 1. The molecule has 1 aliphatic heterocycles. The Balaban J connectivity index is 1.73. The Labute approximate surface area is 118 Å². The number of rotatable bonds is 5. The molecule has 0 aliphatic carbocycles. The molecule has 1 amide bonds. The van der Waals surface area contributed by atoms with Crippen molar-refractivity contribution >= 4 is 17.9 Å². The van der Waals surface area contributed by atoms with Gasteiger partial charge in [-0.05, 0) is 38.1 Å². The van der Waals surface area contributed by atoms with Gasteiger partial charge in [0.05, 0.1) is 5.69 Å². The SMILES string of the molecule is O=CC1CCN(CCC(=O)Nc2ccccc2F)CC1. The molecule has 0 saturated carbocycles. The first-order chi connectivity index (χ1) is 9.69. The Morgan fingerprint density at radius 2 is 2.05 bits per heavy atom. The summed E-state index contributed by atoms with van der Waals surface area (Å²) >= 11 is 0. The molecule has 0 atom stereocenters. The lowest BCUT2D eigenvalue weighted by Gasteiger charge is -2.29. The van der Waals surface area contributed by atoms with Crippen molar-refractivity contribution < 1.29 is 14.0 Å². The van der Waals surface area contributed by atoms with Crippen molar-refractivity contribution in [2.45, 2.75) is 19.3 Å². The third-order valence-electron chi connectivity index (χ3n) is 3.63. The molecular weight excluding hydrogens is 259 g/mol. The summed E-state index contributed by atoms with van der Waals surface area (Å²) in [7, 11) is 0. The second-order valence-corrected chi connectivity index (χ2v) is 5.09. The average molecular weight is 278 g/mol. The molecule has 0 bridgehead atoms. The number of carbonyl (C=O) groups excluding carboxylic acids is 2. The van der Waals surface area contributed by atoms with Gasteiger partial charge in [0.25, 0.3) is 0 Å². The van der Waals surface area contributed by atoms with E-state index in [1.54, 1.807) is 18.2 Å². The molecule has 1 aromatic rings. The Morgan fingerprint density at radius 1 is 1.35 bits per heavy atom. The number of nitrogens with one attached hydrogen (secondary N) is 1. The van der Waals surface area contributed by atoms with Gasteiger partial charge in [0.1, 0.15) is 12.1 Å². The van der Waals surface area contributed by atoms with Crippen molar-refractivity contribution in [3.63, 3.8) is 0 Å². The second-order valence-electron chi connectivity index (χ2n) is 5.09. The van der Waals surface area contributed by atoms with Gasteiger partial charge in [0.15, 0.2) is 0 Å². The highest BCUT2D eigenvalue weighted by atomic mass is 19.1. The zero-order valence-electron chi connectivity index (χ0n) is 11.3. The van der Waals surface area contributed by atoms with Crippen molar-refractivity contribution in [3.8, 4) is 0 Å². The number of piperidine rings is 1. The van der Waals surface area contributed by atoms with Crippen LogP contribution >= 0.6 is 0 Å². The molecule has 0 spiro atoms. The molecule has 1 fully saturated rings. The van der Waals surface area contributed by atoms with Gasteiger partial charge in [0, 0.05) is 18.9 Å². The molecule has 108 valence electrons. The van der Waals surface area contributed by atoms with E-state index in [2.05, 4.69) is 10.2 Å². The molecule has 0 radical (unpaired) electrons. The fraction of sp³-hybridized carbons (Fsp3) is 0.467. The van der Waals surface area contributed by atoms with E-state index in [-0.39, 0.29) is 17.5 Å². The standard InChI is InChI=1S/C15H19FN2O2/c16-13-3-1-2-4-14(13)17-15(20)7-10-18-8-5-12(11-19)6-9-18/h1-4,11-12H,5-10H2,(H,17,20). The number of carbonyl (C=O) groups is 2. The second kappa shape index (κ2) is 7.14. The van der Waals surface area contributed by atoms with E-state index < -0.39 is 5.82 Å². The summed E-state index contributed by atoms with van der Waals surface area (Å²) < 4.78 is 13.4. The largest absolute Gasteiger partial charge is 0.324 e. The molecule has 1 saturated heterocycles. The lowest BCUT2D eigenvalue weighted by atomic mass is 9.98. The fourth-order valence-electron chi connectivity index (χ4n) is 2.35. The third-order valence-corrected chi connectivity index (χ3v) is 3.63. The van der Waals surface area contributed by atoms with Crippen LogP contribution in [0.3, 0.4) is 0 Å². The normalized spacial score (nSPS) is 16.9. The number of halogens is 1. The van der Waals surface area contributed by atoms with Gasteiger partial charge in [-0.1, -0.05) is 12.1 Å². The number of likely N-dealkylation sites (tertiary alicyclic amines) is 1. The maximum Gasteiger partial charge on any atom is 0.225 e. The van der Waals surface area contributed by atoms with Crippen LogP contribution < -0.4 is 5.32 Å². The number of nitrogens with zero attached hydrogens (tertiary/aromatic N) is 1. The monoisotopic (exact) mass is 278 g/mol. The van der Waals surface area contributed by atoms with Crippen LogP contribution in [0.25, 0.3) is 0 Å². The predicted octanol–water partition coefficient (Wildman–Crippen LogP) is 2.07. The third kappa shape index (κ3) is 4.13. The number of hydrogen-bond donors (Lipinski definition) is 1. The lowest BCUT2D eigenvalue weighted by molar-refractivity contribution is -0.117. The number of anilines is 1. The molecule has 0 aromatic heterocycles. The van der Waals surface area contributed by atoms with Crippen LogP contribution in [0.1, 0.15) is 19.3 Å². The van der Waals surface area contributed by atoms with Crippen LogP contribution in [0.4, 0.5) is 10.1 Å². The van der Waals surface area contributed by atoms with Crippen molar-refractivity contribution in [2.24, 2.45) is 5.92 Å². The van der Waals surface area contributed by atoms with Crippen LogP contribution in [0.15, 0.2) is 24.3 Å². The Morgan fingerprint density at radius 3 is 2.70 bits per heavy atom. The molecule has 1 N–H and O–H groups in total. The smallest absolute Gasteiger partial charge is 0.225 e. The zero-order chi connectivity index (χ0) is 14.4. The van der Waals surface area contributed by atoms with Gasteiger partial charge < -0.3 is 15.0 Å². The van der Waals surface area contributed by atoms with E-state index in [9.17, 15) is 14.0 Å². The molecule has 1 aromatic carbocycles. The van der Waals surface area contributed by atoms with Crippen LogP contribution in [0, 0.1) is 11.7 Å². The van der Waals surface area contributed by atoms with E-state index in [0.717, 1.165) is 32.2 Å². The molecule has 1 aliphatic rings. The summed E-state index contributed by atoms with van der Waals surface area (Å²) in [5.74, 6) is -0.446. The number of hydrogen-bond acceptors (Lipinski definition) is 3. The van der Waals surface area contributed by atoms with Crippen molar-refractivity contribution in [1.29, 1.82) is 0 Å². The number of amides is 1. The summed E-state index contributed by atoms with van der Waals surface area (Å²) in [6.45, 7) is 2.33. The van der Waals surface area contributed by atoms with Crippen molar-refractivity contribution in [2.75, 3.05) is 25.0 Å². The van der Waals surface area contributed by atoms with Gasteiger partial charge in [-0.2, -0.15) is 0 Å². The van der Waals surface area contributed by atoms with Gasteiger partial charge in [-0.25, -0.2) is 4.39 Å². The molecule has 2 rings (SSSR count). The summed E-state index contributed by atoms with van der Waals surface area (Å²) in [6, 6.07) is 6.13. The van der Waals surface area contributed by atoms with E-state index in [1.807, 2.05) is 0 Å². The minimum absolute atomic E-state index is 0.165. The molecule has 1 heterocycles. The zero-order valence-corrected chi connectivity index (χ0v) is 11.3. The Kier molecular flexibility index (Phi) is 5.24. The van der Waals surface area contributed by atoms with Crippen LogP contribution in [0.2, 0.25) is 0 Å². The maximum absolute atomic E-state index is 13.4. The van der Waals surface area contributed by atoms with E-state index in [0.29, 0.717) is 13.0 Å². The first-order valence-electron chi connectivity index (χ1n) is 6.91. The van der Waals surface area contributed by atoms with Gasteiger partial charge in [0.2, 0.25) is 5.91 Å². The van der Waals surface area contributed by atoms with Crippen LogP contribution in [-0.4, -0.2) is 36.7 Å². The highest BCUT2D eigenvalue weighted by Crippen LogP contribution is 2.16. The van der Waals surface area contributed by atoms with E-state index >= 15 is 0 Å². The van der Waals surface area contributed by atoms with Crippen molar-refractivity contribution in [3.05, 3.63) is 30.1 Å². The molecular formula is C15H19FN2O2. The Bertz CT molecular complexity index is 471. The molecule has 4 nitrogen and oxygen atoms in total. The fourth-order valence-corrected chi connectivity index (χ4v) is 2.35. The van der Waals surface area contributed by atoms with Crippen molar-refractivity contribution in [1.82, 2.24) is 4.90 Å². The predicted molar refractivity (Wildman–Crippen MR) is 74.9 cm³/mol. The quantitative estimate of drug-likeness (QED) is 0.839. The van der Waals surface area contributed by atoms with Crippen LogP contribution in [-0.2, 0) is 9.59 Å². The molecule has 0 unspecified atom stereocenters. The molecule has 20 heavy (non-hydrogen) atoms. The summed E-state index contributed by atoms with van der Waals surface area (Å²) in [5.41, 5.74) is 0.220. The lowest BCUT2D eigenvalue weighted by Crippen LogP contribution is -2.36. The van der Waals surface area contributed by atoms with Gasteiger partial charge in [-0.3, -0.25) is 4.79 Å². The van der Waals surface area contributed by atoms with Gasteiger partial charge >= 0.3 is 0 Å². The summed E-state index contributed by atoms with van der Waals surface area (Å²) in [5, 5.41) is 2.57. The number of para-hydroxylation sites is 1. The highest BCUT2D eigenvalue weighted by Gasteiger charge is 2.18. The minimum Gasteiger partial charge on any atom is -0.324 e. The van der Waals surface area contributed by atoms with Gasteiger partial charge in [-0.15, -0.1) is 0 Å². The topological polar surface area (TPSA) is 49.4 Å². The first-order valence-corrected chi connectivity index (χ1v) is 6.91. The maximum atomic E-state index is 13.4. The summed E-state index contributed by atoms with van der Waals surface area (Å²) in [6.07, 6.45) is 3.07. The average Bonchev–Trinajstić information content (AvgIpc) is 2.48. The minimum atomic E-state index is -0.423. The first kappa shape index (κ1) is 14.7. The number of aldehydes is 1. The highest BCUT2D eigenvalue weighted by molar-refractivity contribution is 5.90. The van der Waals surface area contributed by atoms with E-state index in [4.69, 9.17) is 0 Å². The Hall–Kier alpha value is -1.75.